The molecule has 17 heavy (non-hydrogen) atoms. The lowest BCUT2D eigenvalue weighted by Crippen LogP contribution is -2.34. The van der Waals surface area contributed by atoms with E-state index >= 15 is 0 Å². The van der Waals surface area contributed by atoms with Crippen LogP contribution in [0.4, 0.5) is 5.13 Å². The number of aromatic nitrogens is 1. The highest BCUT2D eigenvalue weighted by atomic mass is 32.1. The second-order valence-corrected chi connectivity index (χ2v) is 5.51. The molecule has 0 aliphatic carbocycles. The molecule has 0 aromatic carbocycles. The highest BCUT2D eigenvalue weighted by Gasteiger charge is 2.21. The molecular weight excluding hydrogens is 234 g/mol. The molecule has 0 bridgehead atoms. The zero-order valence-corrected chi connectivity index (χ0v) is 11.0. The number of nitrogens with zero attached hydrogens (tertiary/aromatic N) is 1. The van der Waals surface area contributed by atoms with Crippen LogP contribution in [0.3, 0.4) is 0 Å². The van der Waals surface area contributed by atoms with Crippen molar-refractivity contribution in [2.45, 2.75) is 32.6 Å². The molecule has 0 spiro atoms. The van der Waals surface area contributed by atoms with Crippen LogP contribution in [0, 0.1) is 5.92 Å². The number of anilines is 1. The number of aryl methyl sites for hydroxylation is 1. The lowest BCUT2D eigenvalue weighted by molar-refractivity contribution is -0.120. The zero-order chi connectivity index (χ0) is 12.1. The summed E-state index contributed by atoms with van der Waals surface area (Å²) in [7, 11) is 0. The molecule has 1 aliphatic rings. The van der Waals surface area contributed by atoms with E-state index in [-0.39, 0.29) is 11.8 Å². The van der Waals surface area contributed by atoms with E-state index in [1.165, 1.54) is 4.88 Å². The van der Waals surface area contributed by atoms with Gasteiger partial charge in [0.25, 0.3) is 0 Å². The van der Waals surface area contributed by atoms with Crippen LogP contribution in [0.15, 0.2) is 6.20 Å². The Bertz CT molecular complexity index is 372. The fourth-order valence-electron chi connectivity index (χ4n) is 2.02. The lowest BCUT2D eigenvalue weighted by Gasteiger charge is -2.20. The van der Waals surface area contributed by atoms with E-state index in [9.17, 15) is 4.79 Å². The van der Waals surface area contributed by atoms with Gasteiger partial charge in [0.05, 0.1) is 0 Å². The normalized spacial score (nSPS) is 17.0. The monoisotopic (exact) mass is 253 g/mol. The molecule has 1 fully saturated rings. The first-order valence-electron chi connectivity index (χ1n) is 6.26. The molecule has 2 heterocycles. The van der Waals surface area contributed by atoms with Crippen LogP contribution in [-0.2, 0) is 11.2 Å². The number of carbonyl (C=O) groups excluding carboxylic acids is 1. The highest BCUT2D eigenvalue weighted by Crippen LogP contribution is 2.21. The molecule has 1 aromatic rings. The Morgan fingerprint density at radius 3 is 3.06 bits per heavy atom. The number of thiazole rings is 1. The SMILES string of the molecule is CCCc1cnc(NC(=O)C2CCNCC2)s1. The lowest BCUT2D eigenvalue weighted by atomic mass is 9.97. The van der Waals surface area contributed by atoms with Crippen molar-refractivity contribution in [3.63, 3.8) is 0 Å². The number of nitrogens with one attached hydrogen (secondary N) is 2. The molecule has 2 rings (SSSR count). The van der Waals surface area contributed by atoms with Crippen LogP contribution < -0.4 is 10.6 Å². The molecule has 0 unspecified atom stereocenters. The van der Waals surface area contributed by atoms with Gasteiger partial charge in [0.1, 0.15) is 0 Å². The van der Waals surface area contributed by atoms with E-state index in [2.05, 4.69) is 22.5 Å². The molecule has 1 aliphatic heterocycles. The van der Waals surface area contributed by atoms with Crippen LogP contribution in [-0.4, -0.2) is 24.0 Å². The number of hydrogen-bond donors (Lipinski definition) is 2. The van der Waals surface area contributed by atoms with Crippen molar-refractivity contribution >= 4 is 22.4 Å². The molecular formula is C12H19N3OS. The Hall–Kier alpha value is -0.940. The summed E-state index contributed by atoms with van der Waals surface area (Å²) in [6.45, 7) is 4.03. The van der Waals surface area contributed by atoms with Gasteiger partial charge in [-0.3, -0.25) is 4.79 Å². The van der Waals surface area contributed by atoms with Gasteiger partial charge in [0.2, 0.25) is 5.91 Å². The Morgan fingerprint density at radius 1 is 1.59 bits per heavy atom. The first-order chi connectivity index (χ1) is 8.29. The maximum atomic E-state index is 12.0. The average molecular weight is 253 g/mol. The van der Waals surface area contributed by atoms with Gasteiger partial charge in [0.15, 0.2) is 5.13 Å². The largest absolute Gasteiger partial charge is 0.317 e. The van der Waals surface area contributed by atoms with Crippen molar-refractivity contribution < 1.29 is 4.79 Å². The summed E-state index contributed by atoms with van der Waals surface area (Å²) in [5.41, 5.74) is 0. The summed E-state index contributed by atoms with van der Waals surface area (Å²) in [6, 6.07) is 0. The number of piperidine rings is 1. The molecule has 4 nitrogen and oxygen atoms in total. The van der Waals surface area contributed by atoms with Crippen LogP contribution in [0.25, 0.3) is 0 Å². The van der Waals surface area contributed by atoms with Gasteiger partial charge in [0, 0.05) is 17.0 Å². The van der Waals surface area contributed by atoms with Crippen molar-refractivity contribution in [2.24, 2.45) is 5.92 Å². The van der Waals surface area contributed by atoms with Crippen molar-refractivity contribution in [2.75, 3.05) is 18.4 Å². The second kappa shape index (κ2) is 6.12. The number of hydrogen-bond acceptors (Lipinski definition) is 4. The van der Waals surface area contributed by atoms with Crippen LogP contribution in [0.2, 0.25) is 0 Å². The third-order valence-electron chi connectivity index (χ3n) is 2.99. The molecule has 0 radical (unpaired) electrons. The summed E-state index contributed by atoms with van der Waals surface area (Å²) in [4.78, 5) is 17.4. The number of carbonyl (C=O) groups is 1. The Kier molecular flexibility index (Phi) is 4.50. The van der Waals surface area contributed by atoms with Crippen molar-refractivity contribution in [3.05, 3.63) is 11.1 Å². The summed E-state index contributed by atoms with van der Waals surface area (Å²) in [5.74, 6) is 0.277. The van der Waals surface area contributed by atoms with E-state index in [1.807, 2.05) is 6.20 Å². The van der Waals surface area contributed by atoms with Crippen LogP contribution in [0.5, 0.6) is 0 Å². The Morgan fingerprint density at radius 2 is 2.35 bits per heavy atom. The minimum absolute atomic E-state index is 0.129. The number of amides is 1. The summed E-state index contributed by atoms with van der Waals surface area (Å²) in [5, 5.41) is 6.94. The fourth-order valence-corrected chi connectivity index (χ4v) is 2.94. The van der Waals surface area contributed by atoms with Crippen LogP contribution in [0.1, 0.15) is 31.1 Å². The van der Waals surface area contributed by atoms with E-state index in [1.54, 1.807) is 11.3 Å². The van der Waals surface area contributed by atoms with E-state index in [0.29, 0.717) is 0 Å². The zero-order valence-electron chi connectivity index (χ0n) is 10.2. The van der Waals surface area contributed by atoms with Crippen molar-refractivity contribution in [3.8, 4) is 0 Å². The minimum Gasteiger partial charge on any atom is -0.317 e. The van der Waals surface area contributed by atoms with E-state index < -0.39 is 0 Å². The molecule has 94 valence electrons. The molecule has 1 saturated heterocycles. The predicted molar refractivity (Wildman–Crippen MR) is 70.3 cm³/mol. The Balaban J connectivity index is 1.88. The maximum absolute atomic E-state index is 12.0. The Labute approximate surface area is 106 Å². The van der Waals surface area contributed by atoms with Crippen molar-refractivity contribution in [1.29, 1.82) is 0 Å². The van der Waals surface area contributed by atoms with E-state index in [4.69, 9.17) is 0 Å². The topological polar surface area (TPSA) is 54.0 Å². The van der Waals surface area contributed by atoms with Gasteiger partial charge >= 0.3 is 0 Å². The van der Waals surface area contributed by atoms with Crippen molar-refractivity contribution in [1.82, 2.24) is 10.3 Å². The third-order valence-corrected chi connectivity index (χ3v) is 3.96. The average Bonchev–Trinajstić information content (AvgIpc) is 2.78. The van der Waals surface area contributed by atoms with Gasteiger partial charge in [-0.25, -0.2) is 4.98 Å². The predicted octanol–water partition coefficient (Wildman–Crippen LogP) is 2.03. The number of rotatable bonds is 4. The van der Waals surface area contributed by atoms with Crippen LogP contribution >= 0.6 is 11.3 Å². The summed E-state index contributed by atoms with van der Waals surface area (Å²) < 4.78 is 0. The van der Waals surface area contributed by atoms with Gasteiger partial charge in [-0.2, -0.15) is 0 Å². The minimum atomic E-state index is 0.129. The molecule has 2 N–H and O–H groups in total. The maximum Gasteiger partial charge on any atom is 0.229 e. The molecule has 5 heteroatoms. The highest BCUT2D eigenvalue weighted by molar-refractivity contribution is 7.15. The standard InChI is InChI=1S/C12H19N3OS/c1-2-3-10-8-14-12(17-10)15-11(16)9-4-6-13-7-5-9/h8-9,13H,2-7H2,1H3,(H,14,15,16). The van der Waals surface area contributed by atoms with Gasteiger partial charge in [-0.15, -0.1) is 11.3 Å². The van der Waals surface area contributed by atoms with Gasteiger partial charge < -0.3 is 10.6 Å². The first-order valence-corrected chi connectivity index (χ1v) is 7.07. The molecule has 0 saturated carbocycles. The second-order valence-electron chi connectivity index (χ2n) is 4.40. The quantitative estimate of drug-likeness (QED) is 0.863. The van der Waals surface area contributed by atoms with E-state index in [0.717, 1.165) is 43.9 Å². The van der Waals surface area contributed by atoms with Gasteiger partial charge in [-0.1, -0.05) is 13.3 Å². The summed E-state index contributed by atoms with van der Waals surface area (Å²) >= 11 is 1.59. The van der Waals surface area contributed by atoms with Gasteiger partial charge in [-0.05, 0) is 32.4 Å². The smallest absolute Gasteiger partial charge is 0.229 e. The molecule has 0 atom stereocenters. The summed E-state index contributed by atoms with van der Waals surface area (Å²) in [6.07, 6.45) is 5.88. The fraction of sp³-hybridized carbons (Fsp3) is 0.667. The molecule has 1 aromatic heterocycles. The first kappa shape index (κ1) is 12.5. The third kappa shape index (κ3) is 3.51. The molecule has 1 amide bonds.